The first kappa shape index (κ1) is 17.3. The van der Waals surface area contributed by atoms with Gasteiger partial charge < -0.3 is 10.1 Å². The lowest BCUT2D eigenvalue weighted by Gasteiger charge is -2.11. The molecule has 0 fully saturated rings. The number of carbonyl (C=O) groups is 1. The number of benzene rings is 2. The predicted molar refractivity (Wildman–Crippen MR) is 79.2 cm³/mol. The van der Waals surface area contributed by atoms with Crippen LogP contribution in [0.25, 0.3) is 0 Å². The molecular formula is C15H11F3N2O4. The number of rotatable bonds is 4. The number of nitro groups is 1. The Morgan fingerprint density at radius 2 is 1.92 bits per heavy atom. The number of esters is 1. The summed E-state index contributed by atoms with van der Waals surface area (Å²) >= 11 is 0. The van der Waals surface area contributed by atoms with Crippen LogP contribution in [0.4, 0.5) is 30.2 Å². The zero-order valence-corrected chi connectivity index (χ0v) is 12.3. The summed E-state index contributed by atoms with van der Waals surface area (Å²) in [7, 11) is 1.20. The van der Waals surface area contributed by atoms with Crippen molar-refractivity contribution in [3.8, 4) is 0 Å². The minimum atomic E-state index is -4.69. The highest BCUT2D eigenvalue weighted by Gasteiger charge is 2.33. The van der Waals surface area contributed by atoms with Gasteiger partial charge in [0.1, 0.15) is 5.69 Å². The molecule has 0 aliphatic rings. The Morgan fingerprint density at radius 3 is 2.50 bits per heavy atom. The number of hydrogen-bond acceptors (Lipinski definition) is 5. The van der Waals surface area contributed by atoms with Crippen molar-refractivity contribution in [2.24, 2.45) is 0 Å². The topological polar surface area (TPSA) is 81.5 Å². The Bertz CT molecular complexity index is 791. The van der Waals surface area contributed by atoms with Crippen molar-refractivity contribution in [2.45, 2.75) is 6.18 Å². The molecule has 0 saturated heterocycles. The third-order valence-electron chi connectivity index (χ3n) is 3.08. The minimum absolute atomic E-state index is 0.130. The molecule has 126 valence electrons. The normalized spacial score (nSPS) is 11.0. The van der Waals surface area contributed by atoms with E-state index in [9.17, 15) is 28.1 Å². The van der Waals surface area contributed by atoms with Gasteiger partial charge in [0, 0.05) is 11.8 Å². The Labute approximate surface area is 134 Å². The molecule has 24 heavy (non-hydrogen) atoms. The van der Waals surface area contributed by atoms with Gasteiger partial charge in [-0.05, 0) is 30.3 Å². The maximum atomic E-state index is 12.7. The lowest BCUT2D eigenvalue weighted by Crippen LogP contribution is -2.07. The average Bonchev–Trinajstić information content (AvgIpc) is 2.53. The number of ether oxygens (including phenoxy) is 1. The molecule has 0 amide bonds. The number of carbonyl (C=O) groups excluding carboxylic acids is 1. The van der Waals surface area contributed by atoms with E-state index in [-0.39, 0.29) is 11.3 Å². The van der Waals surface area contributed by atoms with Gasteiger partial charge in [-0.25, -0.2) is 4.79 Å². The van der Waals surface area contributed by atoms with Crippen LogP contribution in [-0.4, -0.2) is 18.0 Å². The first-order valence-corrected chi connectivity index (χ1v) is 6.53. The molecule has 0 aliphatic carbocycles. The van der Waals surface area contributed by atoms with Crippen LogP contribution in [0.5, 0.6) is 0 Å². The first-order chi connectivity index (χ1) is 11.2. The largest absolute Gasteiger partial charge is 0.465 e. The van der Waals surface area contributed by atoms with Gasteiger partial charge in [0.25, 0.3) is 5.69 Å². The van der Waals surface area contributed by atoms with Gasteiger partial charge in [0.05, 0.1) is 23.2 Å². The van der Waals surface area contributed by atoms with E-state index in [2.05, 4.69) is 10.1 Å². The van der Waals surface area contributed by atoms with E-state index in [4.69, 9.17) is 0 Å². The van der Waals surface area contributed by atoms with E-state index in [1.54, 1.807) is 0 Å². The lowest BCUT2D eigenvalue weighted by atomic mass is 10.1. The van der Waals surface area contributed by atoms with E-state index in [0.717, 1.165) is 12.1 Å². The number of anilines is 2. The summed E-state index contributed by atoms with van der Waals surface area (Å²) in [6.07, 6.45) is -4.69. The van der Waals surface area contributed by atoms with Gasteiger partial charge in [-0.2, -0.15) is 13.2 Å². The Hall–Kier alpha value is -3.10. The quantitative estimate of drug-likeness (QED) is 0.514. The average molecular weight is 340 g/mol. The number of hydrogen-bond donors (Lipinski definition) is 1. The highest BCUT2D eigenvalue weighted by molar-refractivity contribution is 5.90. The molecule has 0 heterocycles. The molecule has 0 spiro atoms. The molecule has 6 nitrogen and oxygen atoms in total. The SMILES string of the molecule is COC(=O)c1cccc(Nc2ccc(C(F)(F)F)cc2[N+](=O)[O-])c1. The van der Waals surface area contributed by atoms with Crippen molar-refractivity contribution in [3.05, 3.63) is 63.7 Å². The third-order valence-corrected chi connectivity index (χ3v) is 3.08. The number of methoxy groups -OCH3 is 1. The van der Waals surface area contributed by atoms with Gasteiger partial charge in [-0.1, -0.05) is 6.07 Å². The fourth-order valence-corrected chi connectivity index (χ4v) is 1.96. The van der Waals surface area contributed by atoms with E-state index in [1.165, 1.54) is 31.4 Å². The Balaban J connectivity index is 2.39. The van der Waals surface area contributed by atoms with Crippen LogP contribution >= 0.6 is 0 Å². The third kappa shape index (κ3) is 3.80. The molecule has 0 aliphatic heterocycles. The summed E-state index contributed by atoms with van der Waals surface area (Å²) in [5.41, 5.74) is -1.50. The standard InChI is InChI=1S/C15H11F3N2O4/c1-24-14(21)9-3-2-4-11(7-9)19-12-6-5-10(15(16,17)18)8-13(12)20(22)23/h2-8,19H,1H3. The summed E-state index contributed by atoms with van der Waals surface area (Å²) in [6.45, 7) is 0. The van der Waals surface area contributed by atoms with Crippen LogP contribution in [0, 0.1) is 10.1 Å². The molecule has 2 aromatic carbocycles. The van der Waals surface area contributed by atoms with E-state index in [1.807, 2.05) is 0 Å². The summed E-state index contributed by atoms with van der Waals surface area (Å²) < 4.78 is 42.6. The van der Waals surface area contributed by atoms with Gasteiger partial charge in [0.15, 0.2) is 0 Å². The molecular weight excluding hydrogens is 329 g/mol. The van der Waals surface area contributed by atoms with E-state index >= 15 is 0 Å². The molecule has 0 aromatic heterocycles. The smallest absolute Gasteiger partial charge is 0.416 e. The number of nitrogens with one attached hydrogen (secondary N) is 1. The van der Waals surface area contributed by atoms with Crippen molar-refractivity contribution in [1.82, 2.24) is 0 Å². The number of halogens is 3. The fraction of sp³-hybridized carbons (Fsp3) is 0.133. The maximum absolute atomic E-state index is 12.7. The Morgan fingerprint density at radius 1 is 1.21 bits per heavy atom. The van der Waals surface area contributed by atoms with Crippen molar-refractivity contribution in [1.29, 1.82) is 0 Å². The van der Waals surface area contributed by atoms with Crippen LogP contribution in [0.2, 0.25) is 0 Å². The number of nitrogens with zero attached hydrogens (tertiary/aromatic N) is 1. The molecule has 2 aromatic rings. The monoisotopic (exact) mass is 340 g/mol. The minimum Gasteiger partial charge on any atom is -0.465 e. The first-order valence-electron chi connectivity index (χ1n) is 6.53. The van der Waals surface area contributed by atoms with Crippen molar-refractivity contribution >= 4 is 23.0 Å². The molecule has 2 rings (SSSR count). The van der Waals surface area contributed by atoms with E-state index < -0.39 is 28.3 Å². The van der Waals surface area contributed by atoms with Crippen LogP contribution in [0.3, 0.4) is 0 Å². The molecule has 9 heteroatoms. The van der Waals surface area contributed by atoms with Gasteiger partial charge in [-0.3, -0.25) is 10.1 Å². The van der Waals surface area contributed by atoms with Gasteiger partial charge in [-0.15, -0.1) is 0 Å². The van der Waals surface area contributed by atoms with Gasteiger partial charge in [0.2, 0.25) is 0 Å². The second kappa shape index (κ2) is 6.57. The number of alkyl halides is 3. The van der Waals surface area contributed by atoms with Gasteiger partial charge >= 0.3 is 12.1 Å². The summed E-state index contributed by atoms with van der Waals surface area (Å²) in [4.78, 5) is 21.6. The van der Waals surface area contributed by atoms with Crippen molar-refractivity contribution in [2.75, 3.05) is 12.4 Å². The van der Waals surface area contributed by atoms with Crippen LogP contribution < -0.4 is 5.32 Å². The summed E-state index contributed by atoms with van der Waals surface area (Å²) in [5, 5.41) is 13.7. The Kier molecular flexibility index (Phi) is 4.72. The zero-order chi connectivity index (χ0) is 17.9. The summed E-state index contributed by atoms with van der Waals surface area (Å²) in [6, 6.07) is 8.00. The fourth-order valence-electron chi connectivity index (χ4n) is 1.96. The van der Waals surface area contributed by atoms with Crippen molar-refractivity contribution < 1.29 is 27.6 Å². The highest BCUT2D eigenvalue weighted by atomic mass is 19.4. The van der Waals surface area contributed by atoms with Crippen LogP contribution in [0.15, 0.2) is 42.5 Å². The number of nitro benzene ring substituents is 1. The lowest BCUT2D eigenvalue weighted by molar-refractivity contribution is -0.384. The van der Waals surface area contributed by atoms with Crippen LogP contribution in [-0.2, 0) is 10.9 Å². The maximum Gasteiger partial charge on any atom is 0.416 e. The zero-order valence-electron chi connectivity index (χ0n) is 12.3. The molecule has 0 radical (unpaired) electrons. The van der Waals surface area contributed by atoms with Crippen LogP contribution in [0.1, 0.15) is 15.9 Å². The second-order valence-corrected chi connectivity index (χ2v) is 4.68. The molecule has 0 atom stereocenters. The van der Waals surface area contributed by atoms with Crippen molar-refractivity contribution in [3.63, 3.8) is 0 Å². The second-order valence-electron chi connectivity index (χ2n) is 4.68. The molecule has 0 unspecified atom stereocenters. The molecule has 0 bridgehead atoms. The predicted octanol–water partition coefficient (Wildman–Crippen LogP) is 4.14. The van der Waals surface area contributed by atoms with E-state index in [0.29, 0.717) is 11.8 Å². The molecule has 1 N–H and O–H groups in total. The summed E-state index contributed by atoms with van der Waals surface area (Å²) in [5.74, 6) is -0.611. The highest BCUT2D eigenvalue weighted by Crippen LogP contribution is 2.36. The molecule has 0 saturated carbocycles.